The van der Waals surface area contributed by atoms with Gasteiger partial charge < -0.3 is 19.1 Å². The average Bonchev–Trinajstić information content (AvgIpc) is 3.68. The standard InChI is InChI=1S/C31H32N4O4S/c1-34(17-26-19-40-20-33-26)16-25-13-22(23-8-10-29-30(14-23)39-21-38-29)7-9-28(25)37-18-31(36)35-12-3-2-6-27(35)24-5-4-11-32-15-24/h4-5,7-11,13-15,19-20,27H,2-3,6,12,16-18,21H2,1H3/t27-/m0/s1. The second-order valence-corrected chi connectivity index (χ2v) is 10.9. The molecule has 0 saturated carbocycles. The summed E-state index contributed by atoms with van der Waals surface area (Å²) in [5.41, 5.74) is 7.03. The number of ether oxygens (including phenoxy) is 3. The smallest absolute Gasteiger partial charge is 0.261 e. The van der Waals surface area contributed by atoms with E-state index in [2.05, 4.69) is 39.4 Å². The Morgan fingerprint density at radius 3 is 2.83 bits per heavy atom. The molecule has 0 unspecified atom stereocenters. The third kappa shape index (κ3) is 5.95. The summed E-state index contributed by atoms with van der Waals surface area (Å²) in [5, 5.41) is 2.06. The molecule has 0 radical (unpaired) electrons. The van der Waals surface area contributed by atoms with Crippen molar-refractivity contribution in [2.45, 2.75) is 38.4 Å². The van der Waals surface area contributed by atoms with Gasteiger partial charge in [-0.05, 0) is 73.3 Å². The van der Waals surface area contributed by atoms with E-state index in [-0.39, 0.29) is 25.3 Å². The summed E-state index contributed by atoms with van der Waals surface area (Å²) < 4.78 is 17.3. The van der Waals surface area contributed by atoms with E-state index < -0.39 is 0 Å². The lowest BCUT2D eigenvalue weighted by atomic mass is 9.96. The van der Waals surface area contributed by atoms with Crippen LogP contribution in [0.3, 0.4) is 0 Å². The molecule has 2 aliphatic rings. The van der Waals surface area contributed by atoms with Crippen LogP contribution < -0.4 is 14.2 Å². The van der Waals surface area contributed by atoms with Crippen molar-refractivity contribution in [3.05, 3.63) is 88.6 Å². The van der Waals surface area contributed by atoms with Crippen LogP contribution >= 0.6 is 11.3 Å². The zero-order valence-electron chi connectivity index (χ0n) is 22.5. The zero-order chi connectivity index (χ0) is 27.3. The molecule has 0 aliphatic carbocycles. The molecular weight excluding hydrogens is 524 g/mol. The molecule has 1 saturated heterocycles. The van der Waals surface area contributed by atoms with Crippen LogP contribution in [-0.2, 0) is 17.9 Å². The number of amides is 1. The van der Waals surface area contributed by atoms with Crippen LogP contribution in [0, 0.1) is 0 Å². The van der Waals surface area contributed by atoms with Gasteiger partial charge in [0.2, 0.25) is 6.79 Å². The summed E-state index contributed by atoms with van der Waals surface area (Å²) in [6.07, 6.45) is 6.67. The van der Waals surface area contributed by atoms with Gasteiger partial charge in [-0.3, -0.25) is 14.7 Å². The lowest BCUT2D eigenvalue weighted by molar-refractivity contribution is -0.137. The zero-order valence-corrected chi connectivity index (χ0v) is 23.3. The number of thiazole rings is 1. The van der Waals surface area contributed by atoms with Crippen molar-refractivity contribution in [3.8, 4) is 28.4 Å². The van der Waals surface area contributed by atoms with Crippen molar-refractivity contribution in [1.82, 2.24) is 19.8 Å². The Balaban J connectivity index is 1.22. The number of benzene rings is 2. The predicted molar refractivity (Wildman–Crippen MR) is 153 cm³/mol. The van der Waals surface area contributed by atoms with Crippen molar-refractivity contribution in [3.63, 3.8) is 0 Å². The number of fused-ring (bicyclic) bond motifs is 1. The van der Waals surface area contributed by atoms with E-state index in [1.54, 1.807) is 17.5 Å². The first-order valence-electron chi connectivity index (χ1n) is 13.5. The predicted octanol–water partition coefficient (Wildman–Crippen LogP) is 5.70. The summed E-state index contributed by atoms with van der Waals surface area (Å²) in [6, 6.07) is 16.1. The maximum absolute atomic E-state index is 13.4. The molecule has 40 heavy (non-hydrogen) atoms. The van der Waals surface area contributed by atoms with Crippen molar-refractivity contribution in [2.75, 3.05) is 27.0 Å². The van der Waals surface area contributed by atoms with E-state index in [9.17, 15) is 4.79 Å². The van der Waals surface area contributed by atoms with E-state index in [4.69, 9.17) is 14.2 Å². The number of nitrogens with zero attached hydrogens (tertiary/aromatic N) is 4. The van der Waals surface area contributed by atoms with E-state index in [0.29, 0.717) is 12.3 Å². The maximum atomic E-state index is 13.4. The van der Waals surface area contributed by atoms with Gasteiger partial charge in [0, 0.05) is 43.0 Å². The van der Waals surface area contributed by atoms with Gasteiger partial charge in [0.15, 0.2) is 18.1 Å². The first kappa shape index (κ1) is 26.3. The number of hydrogen-bond acceptors (Lipinski definition) is 8. The fourth-order valence-corrected chi connectivity index (χ4v) is 5.96. The number of piperidine rings is 1. The number of rotatable bonds is 9. The Hall–Kier alpha value is -3.95. The summed E-state index contributed by atoms with van der Waals surface area (Å²) in [6.45, 7) is 2.32. The van der Waals surface area contributed by atoms with Crippen LogP contribution in [0.4, 0.5) is 0 Å². The molecule has 6 rings (SSSR count). The largest absolute Gasteiger partial charge is 0.483 e. The topological polar surface area (TPSA) is 77.0 Å². The molecule has 0 spiro atoms. The summed E-state index contributed by atoms with van der Waals surface area (Å²) >= 11 is 1.59. The van der Waals surface area contributed by atoms with Gasteiger partial charge in [-0.25, -0.2) is 4.98 Å². The molecule has 0 N–H and O–H groups in total. The molecule has 2 aromatic carbocycles. The van der Waals surface area contributed by atoms with Gasteiger partial charge in [-0.1, -0.05) is 18.2 Å². The minimum atomic E-state index is -0.0110. The van der Waals surface area contributed by atoms with Crippen molar-refractivity contribution < 1.29 is 19.0 Å². The maximum Gasteiger partial charge on any atom is 0.261 e. The van der Waals surface area contributed by atoms with Gasteiger partial charge in [0.05, 0.1) is 17.2 Å². The van der Waals surface area contributed by atoms with Crippen LogP contribution in [-0.4, -0.2) is 52.7 Å². The van der Waals surface area contributed by atoms with Crippen LogP contribution in [0.5, 0.6) is 17.2 Å². The van der Waals surface area contributed by atoms with Gasteiger partial charge in [0.25, 0.3) is 5.91 Å². The monoisotopic (exact) mass is 556 g/mol. The molecule has 9 heteroatoms. The van der Waals surface area contributed by atoms with Gasteiger partial charge >= 0.3 is 0 Å². The lowest BCUT2D eigenvalue weighted by Gasteiger charge is -2.36. The number of carbonyl (C=O) groups is 1. The highest BCUT2D eigenvalue weighted by Crippen LogP contribution is 2.37. The fourth-order valence-electron chi connectivity index (χ4n) is 5.41. The third-order valence-electron chi connectivity index (χ3n) is 7.37. The molecule has 4 heterocycles. The normalized spacial score (nSPS) is 16.4. The number of likely N-dealkylation sites (tertiary alicyclic amines) is 1. The number of hydrogen-bond donors (Lipinski definition) is 0. The van der Waals surface area contributed by atoms with Gasteiger partial charge in [-0.2, -0.15) is 0 Å². The SMILES string of the molecule is CN(Cc1cscn1)Cc1cc(-c2ccc3c(c2)OCO3)ccc1OCC(=O)N1CCCC[C@H]1c1cccnc1. The minimum absolute atomic E-state index is 0.00446. The summed E-state index contributed by atoms with van der Waals surface area (Å²) in [5.74, 6) is 2.20. The van der Waals surface area contributed by atoms with E-state index >= 15 is 0 Å². The van der Waals surface area contributed by atoms with Crippen LogP contribution in [0.1, 0.15) is 42.1 Å². The number of pyridine rings is 1. The van der Waals surface area contributed by atoms with E-state index in [1.807, 2.05) is 53.0 Å². The average molecular weight is 557 g/mol. The Kier molecular flexibility index (Phi) is 7.92. The van der Waals surface area contributed by atoms with E-state index in [1.165, 1.54) is 0 Å². The second kappa shape index (κ2) is 12.1. The second-order valence-electron chi connectivity index (χ2n) is 10.2. The Morgan fingerprint density at radius 2 is 1.98 bits per heavy atom. The summed E-state index contributed by atoms with van der Waals surface area (Å²) in [4.78, 5) is 26.3. The first-order valence-corrected chi connectivity index (χ1v) is 14.5. The molecule has 4 aromatic rings. The van der Waals surface area contributed by atoms with Crippen LogP contribution in [0.2, 0.25) is 0 Å². The Bertz CT molecular complexity index is 1450. The quantitative estimate of drug-likeness (QED) is 0.262. The number of carbonyl (C=O) groups excluding carboxylic acids is 1. The van der Waals surface area contributed by atoms with Gasteiger partial charge in [-0.15, -0.1) is 11.3 Å². The fraction of sp³-hybridized carbons (Fsp3) is 0.323. The minimum Gasteiger partial charge on any atom is -0.483 e. The molecule has 0 bridgehead atoms. The highest BCUT2D eigenvalue weighted by atomic mass is 32.1. The molecule has 2 aliphatic heterocycles. The number of aromatic nitrogens is 2. The Labute approximate surface area is 238 Å². The van der Waals surface area contributed by atoms with Crippen molar-refractivity contribution in [1.29, 1.82) is 0 Å². The molecule has 206 valence electrons. The lowest BCUT2D eigenvalue weighted by Crippen LogP contribution is -2.41. The highest BCUT2D eigenvalue weighted by molar-refractivity contribution is 7.07. The van der Waals surface area contributed by atoms with E-state index in [0.717, 1.165) is 71.8 Å². The Morgan fingerprint density at radius 1 is 1.10 bits per heavy atom. The molecule has 1 atom stereocenters. The molecular formula is C31H32N4O4S. The highest BCUT2D eigenvalue weighted by Gasteiger charge is 2.28. The molecule has 8 nitrogen and oxygen atoms in total. The molecule has 1 fully saturated rings. The van der Waals surface area contributed by atoms with Crippen molar-refractivity contribution >= 4 is 17.2 Å². The summed E-state index contributed by atoms with van der Waals surface area (Å²) in [7, 11) is 2.06. The third-order valence-corrected chi connectivity index (χ3v) is 8.00. The molecule has 2 aromatic heterocycles. The molecule has 1 amide bonds. The van der Waals surface area contributed by atoms with Crippen molar-refractivity contribution in [2.24, 2.45) is 0 Å². The van der Waals surface area contributed by atoms with Crippen LogP contribution in [0.25, 0.3) is 11.1 Å². The van der Waals surface area contributed by atoms with Crippen LogP contribution in [0.15, 0.2) is 71.8 Å². The first-order chi connectivity index (χ1) is 19.6. The van der Waals surface area contributed by atoms with Gasteiger partial charge in [0.1, 0.15) is 5.75 Å².